The van der Waals surface area contributed by atoms with Crippen molar-refractivity contribution in [2.45, 2.75) is 26.4 Å². The van der Waals surface area contributed by atoms with E-state index in [1.54, 1.807) is 4.90 Å². The SMILES string of the molecule is CC(C)(C)OC(=O)N1CCN(CCl)CC1. The predicted molar refractivity (Wildman–Crippen MR) is 60.1 cm³/mol. The van der Waals surface area contributed by atoms with E-state index in [2.05, 4.69) is 4.90 Å². The third-order valence-electron chi connectivity index (χ3n) is 2.19. The number of piperazine rings is 1. The molecule has 0 radical (unpaired) electrons. The minimum Gasteiger partial charge on any atom is -0.444 e. The normalized spacial score (nSPS) is 19.1. The van der Waals surface area contributed by atoms with Crippen LogP contribution in [0.15, 0.2) is 0 Å². The number of nitrogens with zero attached hydrogens (tertiary/aromatic N) is 2. The summed E-state index contributed by atoms with van der Waals surface area (Å²) < 4.78 is 5.28. The molecule has 0 N–H and O–H groups in total. The Kier molecular flexibility index (Phi) is 4.22. The Labute approximate surface area is 96.1 Å². The van der Waals surface area contributed by atoms with Gasteiger partial charge in [-0.05, 0) is 20.8 Å². The Morgan fingerprint density at radius 2 is 1.80 bits per heavy atom. The van der Waals surface area contributed by atoms with E-state index >= 15 is 0 Å². The van der Waals surface area contributed by atoms with Crippen molar-refractivity contribution in [2.75, 3.05) is 32.2 Å². The molecule has 1 saturated heterocycles. The predicted octanol–water partition coefficient (Wildman–Crippen LogP) is 1.74. The van der Waals surface area contributed by atoms with E-state index in [1.165, 1.54) is 0 Å². The molecule has 4 nitrogen and oxygen atoms in total. The first-order valence-corrected chi connectivity index (χ1v) is 5.72. The van der Waals surface area contributed by atoms with Crippen molar-refractivity contribution in [3.8, 4) is 0 Å². The average Bonchev–Trinajstić information content (AvgIpc) is 2.15. The quantitative estimate of drug-likeness (QED) is 0.512. The number of carbonyl (C=O) groups is 1. The standard InChI is InChI=1S/C10H19ClN2O2/c1-10(2,3)15-9(14)13-6-4-12(8-11)5-7-13/h4-8H2,1-3H3. The second-order valence-corrected chi connectivity index (χ2v) is 4.94. The third-order valence-corrected chi connectivity index (χ3v) is 2.53. The number of rotatable bonds is 1. The van der Waals surface area contributed by atoms with E-state index in [0.717, 1.165) is 13.1 Å². The third kappa shape index (κ3) is 4.26. The molecule has 0 unspecified atom stereocenters. The van der Waals surface area contributed by atoms with E-state index in [-0.39, 0.29) is 6.09 Å². The summed E-state index contributed by atoms with van der Waals surface area (Å²) in [5.41, 5.74) is -0.416. The lowest BCUT2D eigenvalue weighted by molar-refractivity contribution is 0.0159. The van der Waals surface area contributed by atoms with Gasteiger partial charge >= 0.3 is 6.09 Å². The van der Waals surface area contributed by atoms with Crippen molar-refractivity contribution in [3.63, 3.8) is 0 Å². The Balaban J connectivity index is 2.37. The summed E-state index contributed by atoms with van der Waals surface area (Å²) in [7, 11) is 0. The molecule has 0 aliphatic carbocycles. The van der Waals surface area contributed by atoms with Crippen LogP contribution in [0.3, 0.4) is 0 Å². The van der Waals surface area contributed by atoms with Crippen molar-refractivity contribution in [2.24, 2.45) is 0 Å². The molecule has 0 aromatic carbocycles. The molecule has 0 spiro atoms. The van der Waals surface area contributed by atoms with Crippen molar-refractivity contribution in [1.82, 2.24) is 9.80 Å². The van der Waals surface area contributed by atoms with Crippen molar-refractivity contribution in [1.29, 1.82) is 0 Å². The Hall–Kier alpha value is -0.480. The van der Waals surface area contributed by atoms with Crippen molar-refractivity contribution in [3.05, 3.63) is 0 Å². The summed E-state index contributed by atoms with van der Waals surface area (Å²) in [5.74, 6) is 0. The molecule has 0 bridgehead atoms. The molecule has 1 fully saturated rings. The topological polar surface area (TPSA) is 32.8 Å². The number of carbonyl (C=O) groups excluding carboxylic acids is 1. The van der Waals surface area contributed by atoms with E-state index < -0.39 is 5.60 Å². The largest absolute Gasteiger partial charge is 0.444 e. The fourth-order valence-electron chi connectivity index (χ4n) is 1.38. The highest BCUT2D eigenvalue weighted by molar-refractivity contribution is 6.17. The second kappa shape index (κ2) is 5.03. The first-order valence-electron chi connectivity index (χ1n) is 5.18. The molecule has 1 aliphatic heterocycles. The van der Waals surface area contributed by atoms with Gasteiger partial charge in [-0.1, -0.05) is 0 Å². The van der Waals surface area contributed by atoms with Gasteiger partial charge < -0.3 is 9.64 Å². The van der Waals surface area contributed by atoms with Gasteiger partial charge in [0.1, 0.15) is 5.60 Å². The minimum atomic E-state index is -0.416. The second-order valence-electron chi connectivity index (χ2n) is 4.70. The maximum Gasteiger partial charge on any atom is 0.410 e. The molecule has 15 heavy (non-hydrogen) atoms. The zero-order chi connectivity index (χ0) is 11.5. The summed E-state index contributed by atoms with van der Waals surface area (Å²) in [4.78, 5) is 15.5. The zero-order valence-electron chi connectivity index (χ0n) is 9.62. The van der Waals surface area contributed by atoms with Crippen LogP contribution >= 0.6 is 11.6 Å². The number of alkyl halides is 1. The van der Waals surface area contributed by atoms with Crippen LogP contribution < -0.4 is 0 Å². The summed E-state index contributed by atoms with van der Waals surface area (Å²) in [6, 6.07) is 0.530. The Morgan fingerprint density at radius 3 is 2.20 bits per heavy atom. The highest BCUT2D eigenvalue weighted by Crippen LogP contribution is 2.11. The van der Waals surface area contributed by atoms with Gasteiger partial charge in [0, 0.05) is 26.2 Å². The van der Waals surface area contributed by atoms with Crippen LogP contribution in [0.5, 0.6) is 0 Å². The molecular formula is C10H19ClN2O2. The molecule has 1 amide bonds. The van der Waals surface area contributed by atoms with Crippen LogP contribution in [0.2, 0.25) is 0 Å². The first-order chi connectivity index (χ1) is 6.92. The van der Waals surface area contributed by atoms with Crippen LogP contribution in [0, 0.1) is 0 Å². The number of ether oxygens (including phenoxy) is 1. The first kappa shape index (κ1) is 12.6. The van der Waals surface area contributed by atoms with Crippen LogP contribution in [0.1, 0.15) is 20.8 Å². The van der Waals surface area contributed by atoms with Gasteiger partial charge in [-0.3, -0.25) is 4.90 Å². The van der Waals surface area contributed by atoms with Crippen LogP contribution in [-0.4, -0.2) is 53.7 Å². The maximum absolute atomic E-state index is 11.7. The summed E-state index contributed by atoms with van der Waals surface area (Å²) in [5, 5.41) is 0. The minimum absolute atomic E-state index is 0.225. The maximum atomic E-state index is 11.7. The molecule has 0 atom stereocenters. The van der Waals surface area contributed by atoms with Crippen LogP contribution in [-0.2, 0) is 4.74 Å². The van der Waals surface area contributed by atoms with E-state index in [4.69, 9.17) is 16.3 Å². The molecule has 1 rings (SSSR count). The van der Waals surface area contributed by atoms with Gasteiger partial charge in [0.2, 0.25) is 0 Å². The lowest BCUT2D eigenvalue weighted by atomic mass is 10.2. The molecule has 5 heteroatoms. The van der Waals surface area contributed by atoms with Gasteiger partial charge in [-0.15, -0.1) is 11.6 Å². The molecule has 0 aromatic heterocycles. The van der Waals surface area contributed by atoms with Gasteiger partial charge in [0.15, 0.2) is 0 Å². The van der Waals surface area contributed by atoms with Crippen molar-refractivity contribution < 1.29 is 9.53 Å². The van der Waals surface area contributed by atoms with Crippen LogP contribution in [0.25, 0.3) is 0 Å². The zero-order valence-corrected chi connectivity index (χ0v) is 10.4. The molecule has 88 valence electrons. The monoisotopic (exact) mass is 234 g/mol. The molecule has 1 heterocycles. The van der Waals surface area contributed by atoms with Crippen molar-refractivity contribution >= 4 is 17.7 Å². The highest BCUT2D eigenvalue weighted by Gasteiger charge is 2.25. The fourth-order valence-corrected chi connectivity index (χ4v) is 1.62. The molecule has 0 aromatic rings. The number of hydrogen-bond acceptors (Lipinski definition) is 3. The lowest BCUT2D eigenvalue weighted by Gasteiger charge is -2.34. The van der Waals surface area contributed by atoms with E-state index in [9.17, 15) is 4.79 Å². The average molecular weight is 235 g/mol. The highest BCUT2D eigenvalue weighted by atomic mass is 35.5. The van der Waals surface area contributed by atoms with Gasteiger partial charge in [0.25, 0.3) is 0 Å². The molecule has 1 aliphatic rings. The summed E-state index contributed by atoms with van der Waals surface area (Å²) in [6.07, 6.45) is -0.225. The summed E-state index contributed by atoms with van der Waals surface area (Å²) >= 11 is 5.71. The molecular weight excluding hydrogens is 216 g/mol. The fraction of sp³-hybridized carbons (Fsp3) is 0.900. The van der Waals surface area contributed by atoms with Gasteiger partial charge in [-0.25, -0.2) is 4.79 Å². The number of amides is 1. The summed E-state index contributed by atoms with van der Waals surface area (Å²) in [6.45, 7) is 8.66. The Bertz CT molecular complexity index is 220. The van der Waals surface area contributed by atoms with Gasteiger partial charge in [0.05, 0.1) is 6.00 Å². The van der Waals surface area contributed by atoms with E-state index in [0.29, 0.717) is 19.1 Å². The molecule has 0 saturated carbocycles. The Morgan fingerprint density at radius 1 is 1.27 bits per heavy atom. The smallest absolute Gasteiger partial charge is 0.410 e. The van der Waals surface area contributed by atoms with E-state index in [1.807, 2.05) is 20.8 Å². The number of halogens is 1. The number of hydrogen-bond donors (Lipinski definition) is 0. The van der Waals surface area contributed by atoms with Crippen LogP contribution in [0.4, 0.5) is 4.79 Å². The lowest BCUT2D eigenvalue weighted by Crippen LogP contribution is -2.49. The van der Waals surface area contributed by atoms with Gasteiger partial charge in [-0.2, -0.15) is 0 Å².